The lowest BCUT2D eigenvalue weighted by atomic mass is 10.1. The van der Waals surface area contributed by atoms with Crippen LogP contribution in [0.2, 0.25) is 0 Å². The number of nitrogens with zero attached hydrogens (tertiary/aromatic N) is 1. The Morgan fingerprint density at radius 1 is 1.39 bits per heavy atom. The van der Waals surface area contributed by atoms with Crippen LogP contribution >= 0.6 is 12.2 Å². The molecule has 0 radical (unpaired) electrons. The van der Waals surface area contributed by atoms with E-state index in [1.807, 2.05) is 36.1 Å². The van der Waals surface area contributed by atoms with Crippen LogP contribution in [0, 0.1) is 6.92 Å². The summed E-state index contributed by atoms with van der Waals surface area (Å²) < 4.78 is 23.4. The van der Waals surface area contributed by atoms with Crippen LogP contribution in [0.3, 0.4) is 0 Å². The first-order valence-corrected chi connectivity index (χ1v) is 8.06. The standard InChI is InChI=1S/C12H14N2O2S2/c1-8-3-2-4-9(5-8)14-11-7-18(15,16)6-10(11)13-12(14)17/h2-5,10-11H,6-7H2,1H3,(H,13,17)/t10-,11+/m0/s1. The maximum Gasteiger partial charge on any atom is 0.174 e. The molecule has 2 fully saturated rings. The van der Waals surface area contributed by atoms with E-state index in [-0.39, 0.29) is 23.6 Å². The van der Waals surface area contributed by atoms with Gasteiger partial charge in [-0.15, -0.1) is 0 Å². The lowest BCUT2D eigenvalue weighted by Gasteiger charge is -2.23. The summed E-state index contributed by atoms with van der Waals surface area (Å²) in [7, 11) is -2.94. The molecule has 0 aliphatic carbocycles. The summed E-state index contributed by atoms with van der Waals surface area (Å²) in [6.45, 7) is 2.01. The maximum absolute atomic E-state index is 11.7. The normalized spacial score (nSPS) is 29.2. The zero-order valence-electron chi connectivity index (χ0n) is 9.96. The minimum atomic E-state index is -2.94. The molecule has 0 amide bonds. The summed E-state index contributed by atoms with van der Waals surface area (Å²) in [5.41, 5.74) is 2.11. The van der Waals surface area contributed by atoms with Crippen LogP contribution in [0.25, 0.3) is 0 Å². The summed E-state index contributed by atoms with van der Waals surface area (Å²) in [6, 6.07) is 7.84. The van der Waals surface area contributed by atoms with Crippen molar-refractivity contribution in [1.29, 1.82) is 0 Å². The van der Waals surface area contributed by atoms with Gasteiger partial charge in [0.1, 0.15) is 0 Å². The molecule has 18 heavy (non-hydrogen) atoms. The molecule has 2 atom stereocenters. The average molecular weight is 282 g/mol. The van der Waals surface area contributed by atoms with Crippen molar-refractivity contribution in [3.05, 3.63) is 29.8 Å². The first kappa shape index (κ1) is 11.9. The largest absolute Gasteiger partial charge is 0.356 e. The summed E-state index contributed by atoms with van der Waals surface area (Å²) >= 11 is 5.32. The number of fused-ring (bicyclic) bond motifs is 1. The summed E-state index contributed by atoms with van der Waals surface area (Å²) in [4.78, 5) is 1.94. The van der Waals surface area contributed by atoms with Gasteiger partial charge in [0, 0.05) is 5.69 Å². The quantitative estimate of drug-likeness (QED) is 0.774. The Kier molecular flexibility index (Phi) is 2.60. The van der Waals surface area contributed by atoms with Crippen LogP contribution in [0.1, 0.15) is 5.56 Å². The molecular formula is C12H14N2O2S2. The van der Waals surface area contributed by atoms with Crippen molar-refractivity contribution in [2.45, 2.75) is 19.0 Å². The molecular weight excluding hydrogens is 268 g/mol. The number of nitrogens with one attached hydrogen (secondary N) is 1. The number of sulfone groups is 1. The van der Waals surface area contributed by atoms with Crippen LogP contribution in [-0.4, -0.2) is 37.1 Å². The second kappa shape index (κ2) is 3.93. The van der Waals surface area contributed by atoms with E-state index in [1.165, 1.54) is 0 Å². The third-order valence-electron chi connectivity index (χ3n) is 3.46. The predicted molar refractivity (Wildman–Crippen MR) is 75.6 cm³/mol. The zero-order chi connectivity index (χ0) is 12.9. The maximum atomic E-state index is 11.7. The number of rotatable bonds is 1. The summed E-state index contributed by atoms with van der Waals surface area (Å²) in [5.74, 6) is 0.360. The predicted octanol–water partition coefficient (Wildman–Crippen LogP) is 0.855. The zero-order valence-corrected chi connectivity index (χ0v) is 11.6. The average Bonchev–Trinajstić information content (AvgIpc) is 2.68. The van der Waals surface area contributed by atoms with E-state index in [0.717, 1.165) is 11.3 Å². The molecule has 0 aromatic heterocycles. The van der Waals surface area contributed by atoms with E-state index in [4.69, 9.17) is 12.2 Å². The van der Waals surface area contributed by atoms with Crippen molar-refractivity contribution in [2.75, 3.05) is 16.4 Å². The minimum absolute atomic E-state index is 0.0655. The van der Waals surface area contributed by atoms with Gasteiger partial charge in [0.05, 0.1) is 23.6 Å². The van der Waals surface area contributed by atoms with E-state index in [2.05, 4.69) is 5.32 Å². The lowest BCUT2D eigenvalue weighted by molar-refractivity contribution is 0.600. The highest BCUT2D eigenvalue weighted by Crippen LogP contribution is 2.29. The Hall–Kier alpha value is -1.14. The van der Waals surface area contributed by atoms with Gasteiger partial charge in [0.15, 0.2) is 14.9 Å². The summed E-state index contributed by atoms with van der Waals surface area (Å²) in [5, 5.41) is 3.75. The second-order valence-electron chi connectivity index (χ2n) is 4.91. The number of hydrogen-bond acceptors (Lipinski definition) is 3. The number of thiocarbonyl (C=S) groups is 1. The lowest BCUT2D eigenvalue weighted by Crippen LogP contribution is -2.36. The molecule has 2 aliphatic rings. The molecule has 3 rings (SSSR count). The number of aryl methyl sites for hydroxylation is 1. The van der Waals surface area contributed by atoms with Gasteiger partial charge in [-0.05, 0) is 36.8 Å². The van der Waals surface area contributed by atoms with Crippen LogP contribution in [0.4, 0.5) is 5.69 Å². The van der Waals surface area contributed by atoms with Crippen LogP contribution < -0.4 is 10.2 Å². The molecule has 1 aromatic carbocycles. The van der Waals surface area contributed by atoms with Crippen LogP contribution in [-0.2, 0) is 9.84 Å². The van der Waals surface area contributed by atoms with Gasteiger partial charge in [-0.1, -0.05) is 12.1 Å². The molecule has 0 saturated carbocycles. The first-order valence-electron chi connectivity index (χ1n) is 5.83. The van der Waals surface area contributed by atoms with Gasteiger partial charge in [-0.3, -0.25) is 0 Å². The third kappa shape index (κ3) is 1.89. The SMILES string of the molecule is Cc1cccc(N2C(=S)N[C@H]3CS(=O)(=O)C[C@H]32)c1. The van der Waals surface area contributed by atoms with Crippen molar-refractivity contribution < 1.29 is 8.42 Å². The Balaban J connectivity index is 1.99. The fourth-order valence-electron chi connectivity index (χ4n) is 2.69. The highest BCUT2D eigenvalue weighted by Gasteiger charge is 2.47. The minimum Gasteiger partial charge on any atom is -0.356 e. The van der Waals surface area contributed by atoms with Gasteiger partial charge in [-0.25, -0.2) is 8.42 Å². The molecule has 0 unspecified atom stereocenters. The van der Waals surface area contributed by atoms with Crippen LogP contribution in [0.5, 0.6) is 0 Å². The molecule has 2 saturated heterocycles. The molecule has 0 spiro atoms. The smallest absolute Gasteiger partial charge is 0.174 e. The van der Waals surface area contributed by atoms with Gasteiger partial charge in [-0.2, -0.15) is 0 Å². The van der Waals surface area contributed by atoms with E-state index in [0.29, 0.717) is 5.11 Å². The van der Waals surface area contributed by atoms with Gasteiger partial charge < -0.3 is 10.2 Å². The van der Waals surface area contributed by atoms with Gasteiger partial charge in [0.25, 0.3) is 0 Å². The van der Waals surface area contributed by atoms with Crippen molar-refractivity contribution >= 4 is 32.9 Å². The molecule has 96 valence electrons. The first-order chi connectivity index (χ1) is 8.46. The molecule has 4 nitrogen and oxygen atoms in total. The molecule has 2 heterocycles. The molecule has 1 N–H and O–H groups in total. The van der Waals surface area contributed by atoms with Crippen molar-refractivity contribution in [1.82, 2.24) is 5.32 Å². The number of benzene rings is 1. The van der Waals surface area contributed by atoms with Gasteiger partial charge in [0.2, 0.25) is 0 Å². The highest BCUT2D eigenvalue weighted by molar-refractivity contribution is 7.91. The van der Waals surface area contributed by atoms with E-state index in [1.54, 1.807) is 0 Å². The monoisotopic (exact) mass is 282 g/mol. The van der Waals surface area contributed by atoms with E-state index in [9.17, 15) is 8.42 Å². The Bertz CT molecular complexity index is 612. The number of anilines is 1. The fourth-order valence-corrected chi connectivity index (χ4v) is 4.97. The second-order valence-corrected chi connectivity index (χ2v) is 7.45. The highest BCUT2D eigenvalue weighted by atomic mass is 32.2. The molecule has 6 heteroatoms. The van der Waals surface area contributed by atoms with Gasteiger partial charge >= 0.3 is 0 Å². The summed E-state index contributed by atoms with van der Waals surface area (Å²) in [6.07, 6.45) is 0. The van der Waals surface area contributed by atoms with Crippen molar-refractivity contribution in [3.8, 4) is 0 Å². The van der Waals surface area contributed by atoms with Crippen molar-refractivity contribution in [2.24, 2.45) is 0 Å². The van der Waals surface area contributed by atoms with Crippen LogP contribution in [0.15, 0.2) is 24.3 Å². The Morgan fingerprint density at radius 2 is 2.17 bits per heavy atom. The molecule has 1 aromatic rings. The third-order valence-corrected chi connectivity index (χ3v) is 5.49. The van der Waals surface area contributed by atoms with E-state index < -0.39 is 9.84 Å². The molecule has 0 bridgehead atoms. The Labute approximate surface area is 112 Å². The fraction of sp³-hybridized carbons (Fsp3) is 0.417. The topological polar surface area (TPSA) is 49.4 Å². The number of hydrogen-bond donors (Lipinski definition) is 1. The van der Waals surface area contributed by atoms with E-state index >= 15 is 0 Å². The van der Waals surface area contributed by atoms with Crippen molar-refractivity contribution in [3.63, 3.8) is 0 Å². The Morgan fingerprint density at radius 3 is 2.89 bits per heavy atom. The molecule has 2 aliphatic heterocycles.